The van der Waals surface area contributed by atoms with Crippen molar-refractivity contribution >= 4 is 23.5 Å². The number of hydrogen-bond acceptors (Lipinski definition) is 6. The molecule has 3 aliphatic rings. The summed E-state index contributed by atoms with van der Waals surface area (Å²) in [7, 11) is 0. The second kappa shape index (κ2) is 10.7. The number of hydrogen-bond donors (Lipinski definition) is 1. The molecule has 36 heavy (non-hydrogen) atoms. The summed E-state index contributed by atoms with van der Waals surface area (Å²) in [5.74, 6) is -0.706. The standard InChI is InChI=1S/C28H31N3O5/c32-23(16-20-2-1-3-21(14-20)17-30-10-12-36-13-11-30)6-4-19-5-7-24-22(15-19)18-31(28(24)35)25-8-9-26(33)29-27(25)34/h1-3,5,7,14-15,25H,4,6,8-13,16-18H2,(H,29,33,34). The molecule has 0 bridgehead atoms. The number of rotatable bonds is 8. The molecule has 0 saturated carbocycles. The van der Waals surface area contributed by atoms with Crippen molar-refractivity contribution in [2.45, 2.75) is 51.2 Å². The third-order valence-electron chi connectivity index (χ3n) is 7.18. The first kappa shape index (κ1) is 24.3. The normalized spacial score (nSPS) is 20.4. The third-order valence-corrected chi connectivity index (χ3v) is 7.18. The molecule has 2 aromatic carbocycles. The van der Waals surface area contributed by atoms with Crippen LogP contribution in [0.3, 0.4) is 0 Å². The number of ether oxygens (including phenoxy) is 1. The van der Waals surface area contributed by atoms with Crippen molar-refractivity contribution in [1.82, 2.24) is 15.1 Å². The second-order valence-corrected chi connectivity index (χ2v) is 9.82. The van der Waals surface area contributed by atoms with Crippen LogP contribution in [0.2, 0.25) is 0 Å². The zero-order chi connectivity index (χ0) is 25.1. The van der Waals surface area contributed by atoms with Gasteiger partial charge in [0.15, 0.2) is 0 Å². The van der Waals surface area contributed by atoms with Crippen molar-refractivity contribution in [3.8, 4) is 0 Å². The Hall–Kier alpha value is -3.36. The number of nitrogens with one attached hydrogen (secondary N) is 1. The Labute approximate surface area is 210 Å². The van der Waals surface area contributed by atoms with Gasteiger partial charge in [0.05, 0.1) is 13.2 Å². The SMILES string of the molecule is O=C(CCc1ccc2c(c1)CN(C1CCC(=O)NC1=O)C2=O)Cc1cccc(CN2CCOCC2)c1. The number of piperidine rings is 1. The van der Waals surface area contributed by atoms with Crippen LogP contribution in [0.5, 0.6) is 0 Å². The van der Waals surface area contributed by atoms with E-state index in [2.05, 4.69) is 22.3 Å². The Balaban J connectivity index is 1.15. The molecule has 2 saturated heterocycles. The highest BCUT2D eigenvalue weighted by atomic mass is 16.5. The summed E-state index contributed by atoms with van der Waals surface area (Å²) >= 11 is 0. The van der Waals surface area contributed by atoms with Crippen molar-refractivity contribution in [3.05, 3.63) is 70.3 Å². The predicted octanol–water partition coefficient (Wildman–Crippen LogP) is 2.02. The first-order chi connectivity index (χ1) is 17.5. The molecule has 3 heterocycles. The van der Waals surface area contributed by atoms with Gasteiger partial charge in [-0.15, -0.1) is 0 Å². The van der Waals surface area contributed by atoms with Gasteiger partial charge in [0.25, 0.3) is 5.91 Å². The summed E-state index contributed by atoms with van der Waals surface area (Å²) in [6.45, 7) is 4.61. The van der Waals surface area contributed by atoms with E-state index >= 15 is 0 Å². The minimum atomic E-state index is -0.619. The predicted molar refractivity (Wildman–Crippen MR) is 132 cm³/mol. The van der Waals surface area contributed by atoms with E-state index in [0.29, 0.717) is 37.8 Å². The van der Waals surface area contributed by atoms with Crippen LogP contribution < -0.4 is 5.32 Å². The van der Waals surface area contributed by atoms with Crippen LogP contribution in [-0.2, 0) is 45.1 Å². The lowest BCUT2D eigenvalue weighted by Gasteiger charge is -2.29. The smallest absolute Gasteiger partial charge is 0.255 e. The highest BCUT2D eigenvalue weighted by molar-refractivity contribution is 6.05. The number of aryl methyl sites for hydroxylation is 1. The summed E-state index contributed by atoms with van der Waals surface area (Å²) in [6.07, 6.45) is 2.02. The van der Waals surface area contributed by atoms with Gasteiger partial charge in [-0.25, -0.2) is 0 Å². The number of nitrogens with zero attached hydrogens (tertiary/aromatic N) is 2. The lowest BCUT2D eigenvalue weighted by atomic mass is 9.99. The third kappa shape index (κ3) is 5.55. The molecule has 1 atom stereocenters. The fraction of sp³-hybridized carbons (Fsp3) is 0.429. The van der Waals surface area contributed by atoms with Gasteiger partial charge in [0, 0.05) is 51.0 Å². The summed E-state index contributed by atoms with van der Waals surface area (Å²) < 4.78 is 5.42. The largest absolute Gasteiger partial charge is 0.379 e. The van der Waals surface area contributed by atoms with Crippen molar-refractivity contribution in [2.75, 3.05) is 26.3 Å². The quantitative estimate of drug-likeness (QED) is 0.570. The fourth-order valence-electron chi connectivity index (χ4n) is 5.24. The molecule has 8 heteroatoms. The average Bonchev–Trinajstić information content (AvgIpc) is 3.19. The number of benzene rings is 2. The number of amides is 3. The van der Waals surface area contributed by atoms with Gasteiger partial charge in [-0.3, -0.25) is 29.4 Å². The minimum Gasteiger partial charge on any atom is -0.379 e. The van der Waals surface area contributed by atoms with Crippen molar-refractivity contribution < 1.29 is 23.9 Å². The summed E-state index contributed by atoms with van der Waals surface area (Å²) in [6, 6.07) is 13.3. The highest BCUT2D eigenvalue weighted by Gasteiger charge is 2.39. The monoisotopic (exact) mass is 489 g/mol. The maximum absolute atomic E-state index is 12.9. The Bertz CT molecular complexity index is 1190. The Kier molecular flexibility index (Phi) is 7.25. The maximum Gasteiger partial charge on any atom is 0.255 e. The van der Waals surface area contributed by atoms with Gasteiger partial charge in [-0.05, 0) is 41.2 Å². The number of imide groups is 1. The van der Waals surface area contributed by atoms with E-state index in [9.17, 15) is 19.2 Å². The van der Waals surface area contributed by atoms with Gasteiger partial charge in [-0.1, -0.05) is 36.4 Å². The van der Waals surface area contributed by atoms with Gasteiger partial charge < -0.3 is 9.64 Å². The zero-order valence-electron chi connectivity index (χ0n) is 20.3. The number of ketones is 1. The van der Waals surface area contributed by atoms with Crippen molar-refractivity contribution in [2.24, 2.45) is 0 Å². The molecule has 5 rings (SSSR count). The molecule has 1 unspecified atom stereocenters. The molecule has 8 nitrogen and oxygen atoms in total. The second-order valence-electron chi connectivity index (χ2n) is 9.82. The molecule has 188 valence electrons. The van der Waals surface area contributed by atoms with E-state index in [0.717, 1.165) is 49.5 Å². The Morgan fingerprint density at radius 2 is 1.81 bits per heavy atom. The fourth-order valence-corrected chi connectivity index (χ4v) is 5.24. The molecule has 0 radical (unpaired) electrons. The molecule has 2 aromatic rings. The molecular weight excluding hydrogens is 458 g/mol. The number of fused-ring (bicyclic) bond motifs is 1. The Morgan fingerprint density at radius 3 is 2.61 bits per heavy atom. The first-order valence-electron chi connectivity index (χ1n) is 12.6. The van der Waals surface area contributed by atoms with Crippen LogP contribution >= 0.6 is 0 Å². The van der Waals surface area contributed by atoms with Crippen LogP contribution in [-0.4, -0.2) is 65.6 Å². The van der Waals surface area contributed by atoms with Crippen LogP contribution in [0.1, 0.15) is 51.9 Å². The molecule has 3 aliphatic heterocycles. The molecule has 0 aliphatic carbocycles. The molecule has 2 fully saturated rings. The molecule has 0 aromatic heterocycles. The Morgan fingerprint density at radius 1 is 1.00 bits per heavy atom. The van der Waals surface area contributed by atoms with Crippen LogP contribution in [0.4, 0.5) is 0 Å². The number of morpholine rings is 1. The van der Waals surface area contributed by atoms with Crippen molar-refractivity contribution in [1.29, 1.82) is 0 Å². The van der Waals surface area contributed by atoms with E-state index < -0.39 is 11.9 Å². The topological polar surface area (TPSA) is 96.0 Å². The number of carbonyl (C=O) groups is 4. The van der Waals surface area contributed by atoms with Crippen LogP contribution in [0, 0.1) is 0 Å². The first-order valence-corrected chi connectivity index (χ1v) is 12.6. The average molecular weight is 490 g/mol. The lowest BCUT2D eigenvalue weighted by Crippen LogP contribution is -2.52. The number of Topliss-reactive ketones (excluding diaryl/α,β-unsaturated/α-hetero) is 1. The van der Waals surface area contributed by atoms with E-state index in [1.54, 1.807) is 11.0 Å². The number of carbonyl (C=O) groups excluding carboxylic acids is 4. The molecule has 3 amide bonds. The molecular formula is C28H31N3O5. The zero-order valence-corrected chi connectivity index (χ0v) is 20.3. The van der Waals surface area contributed by atoms with Gasteiger partial charge in [0.1, 0.15) is 11.8 Å². The van der Waals surface area contributed by atoms with Gasteiger partial charge in [0.2, 0.25) is 11.8 Å². The maximum atomic E-state index is 12.9. The van der Waals surface area contributed by atoms with Crippen LogP contribution in [0.15, 0.2) is 42.5 Å². The van der Waals surface area contributed by atoms with Crippen LogP contribution in [0.25, 0.3) is 0 Å². The molecule has 0 spiro atoms. The van der Waals surface area contributed by atoms with E-state index in [1.165, 1.54) is 5.56 Å². The molecule has 1 N–H and O–H groups in total. The summed E-state index contributed by atoms with van der Waals surface area (Å²) in [4.78, 5) is 53.2. The van der Waals surface area contributed by atoms with Gasteiger partial charge in [-0.2, -0.15) is 0 Å². The lowest BCUT2D eigenvalue weighted by molar-refractivity contribution is -0.137. The highest BCUT2D eigenvalue weighted by Crippen LogP contribution is 2.28. The summed E-state index contributed by atoms with van der Waals surface area (Å²) in [5.41, 5.74) is 4.70. The minimum absolute atomic E-state index is 0.181. The van der Waals surface area contributed by atoms with Gasteiger partial charge >= 0.3 is 0 Å². The summed E-state index contributed by atoms with van der Waals surface area (Å²) in [5, 5.41) is 2.32. The van der Waals surface area contributed by atoms with E-state index in [1.807, 2.05) is 24.3 Å². The van der Waals surface area contributed by atoms with Crippen molar-refractivity contribution in [3.63, 3.8) is 0 Å². The van der Waals surface area contributed by atoms with E-state index in [-0.39, 0.29) is 24.0 Å². The van der Waals surface area contributed by atoms with E-state index in [4.69, 9.17) is 4.74 Å².